The van der Waals surface area contributed by atoms with Gasteiger partial charge in [0, 0.05) is 6.08 Å². The number of hydrogen-bond donors (Lipinski definition) is 0. The smallest absolute Gasteiger partial charge is 0.206 e. The molecule has 2 rings (SSSR count). The number of terminal acetylenes is 1. The lowest BCUT2D eigenvalue weighted by Gasteiger charge is -2.13. The molecular formula is C14H12N2O2. The van der Waals surface area contributed by atoms with Crippen LogP contribution in [0.4, 0.5) is 0 Å². The molecule has 4 heteroatoms. The van der Waals surface area contributed by atoms with Crippen LogP contribution in [0, 0.1) is 26.2 Å². The van der Waals surface area contributed by atoms with Crippen LogP contribution in [0.5, 0.6) is 0 Å². The molecule has 1 aliphatic carbocycles. The highest BCUT2D eigenvalue weighted by Crippen LogP contribution is 2.21. The van der Waals surface area contributed by atoms with Gasteiger partial charge in [-0.25, -0.2) is 9.97 Å². The number of nitrogens with zero attached hydrogens (tertiary/aromatic N) is 2. The Kier molecular flexibility index (Phi) is 3.90. The summed E-state index contributed by atoms with van der Waals surface area (Å²) in [5.74, 6) is 1.98. The second-order valence-corrected chi connectivity index (χ2v) is 3.48. The molecule has 1 aromatic rings. The molecular weight excluding hydrogens is 228 g/mol. The molecule has 0 radical (unpaired) electrons. The standard InChI is InChI=1S/C12H8N2O2.C2H4/c1-4-8-5-9(15)11-10(12(8)16)6(2)13-7(3)14-11;1-2/h1,5H,2-3H3;1-2H2. The molecule has 0 atom stereocenters. The van der Waals surface area contributed by atoms with Crippen molar-refractivity contribution in [2.24, 2.45) is 0 Å². The zero-order valence-corrected chi connectivity index (χ0v) is 10.3. The summed E-state index contributed by atoms with van der Waals surface area (Å²) < 4.78 is 0. The van der Waals surface area contributed by atoms with Gasteiger partial charge in [0.05, 0.1) is 16.8 Å². The molecule has 0 aliphatic heterocycles. The number of fused-ring (bicyclic) bond motifs is 1. The molecule has 0 saturated carbocycles. The first kappa shape index (κ1) is 13.5. The summed E-state index contributed by atoms with van der Waals surface area (Å²) >= 11 is 0. The zero-order valence-electron chi connectivity index (χ0n) is 10.3. The number of ketones is 2. The fourth-order valence-corrected chi connectivity index (χ4v) is 1.67. The lowest BCUT2D eigenvalue weighted by molar-refractivity contribution is 0.0983. The maximum absolute atomic E-state index is 11.9. The summed E-state index contributed by atoms with van der Waals surface area (Å²) in [6, 6.07) is 0. The number of allylic oxidation sites excluding steroid dienone is 2. The Hall–Kier alpha value is -2.54. The van der Waals surface area contributed by atoms with Gasteiger partial charge in [-0.15, -0.1) is 19.6 Å². The Labute approximate surface area is 105 Å². The Morgan fingerprint density at radius 2 is 1.83 bits per heavy atom. The summed E-state index contributed by atoms with van der Waals surface area (Å²) in [4.78, 5) is 31.6. The number of aryl methyl sites for hydroxylation is 2. The molecule has 0 N–H and O–H groups in total. The van der Waals surface area contributed by atoms with E-state index in [4.69, 9.17) is 6.42 Å². The van der Waals surface area contributed by atoms with Crippen LogP contribution in [0.15, 0.2) is 24.8 Å². The van der Waals surface area contributed by atoms with E-state index in [1.54, 1.807) is 13.8 Å². The van der Waals surface area contributed by atoms with E-state index in [0.717, 1.165) is 6.08 Å². The summed E-state index contributed by atoms with van der Waals surface area (Å²) in [7, 11) is 0. The Balaban J connectivity index is 0.000000771. The predicted octanol–water partition coefficient (Wildman–Crippen LogP) is 1.83. The largest absolute Gasteiger partial charge is 0.288 e. The van der Waals surface area contributed by atoms with Crippen LogP contribution in [0.1, 0.15) is 32.4 Å². The van der Waals surface area contributed by atoms with Crippen molar-refractivity contribution >= 4 is 11.6 Å². The van der Waals surface area contributed by atoms with E-state index < -0.39 is 0 Å². The average molecular weight is 240 g/mol. The van der Waals surface area contributed by atoms with Gasteiger partial charge in [0.2, 0.25) is 11.6 Å². The van der Waals surface area contributed by atoms with E-state index in [0.29, 0.717) is 11.5 Å². The highest BCUT2D eigenvalue weighted by molar-refractivity contribution is 6.25. The molecule has 1 aromatic heterocycles. The van der Waals surface area contributed by atoms with Gasteiger partial charge in [0.15, 0.2) is 0 Å². The third-order valence-electron chi connectivity index (χ3n) is 2.34. The van der Waals surface area contributed by atoms with Gasteiger partial charge < -0.3 is 0 Å². The molecule has 18 heavy (non-hydrogen) atoms. The van der Waals surface area contributed by atoms with Crippen molar-refractivity contribution in [3.8, 4) is 12.3 Å². The van der Waals surface area contributed by atoms with Gasteiger partial charge >= 0.3 is 0 Å². The highest BCUT2D eigenvalue weighted by Gasteiger charge is 2.28. The van der Waals surface area contributed by atoms with E-state index in [9.17, 15) is 9.59 Å². The molecule has 1 heterocycles. The summed E-state index contributed by atoms with van der Waals surface area (Å²) in [6.45, 7) is 9.34. The van der Waals surface area contributed by atoms with E-state index in [1.807, 2.05) is 0 Å². The fraction of sp³-hybridized carbons (Fsp3) is 0.143. The van der Waals surface area contributed by atoms with Crippen LogP contribution in [0.25, 0.3) is 0 Å². The summed E-state index contributed by atoms with van der Waals surface area (Å²) in [5.41, 5.74) is 0.926. The molecule has 0 amide bonds. The van der Waals surface area contributed by atoms with Crippen molar-refractivity contribution in [2.45, 2.75) is 13.8 Å². The third kappa shape index (κ3) is 2.11. The molecule has 0 unspecified atom stereocenters. The second-order valence-electron chi connectivity index (χ2n) is 3.48. The number of hydrogen-bond acceptors (Lipinski definition) is 4. The van der Waals surface area contributed by atoms with Crippen LogP contribution >= 0.6 is 0 Å². The van der Waals surface area contributed by atoms with Gasteiger partial charge in [-0.1, -0.05) is 5.92 Å². The molecule has 0 bridgehead atoms. The summed E-state index contributed by atoms with van der Waals surface area (Å²) in [6.07, 6.45) is 6.31. The second kappa shape index (κ2) is 5.19. The Morgan fingerprint density at radius 3 is 2.39 bits per heavy atom. The van der Waals surface area contributed by atoms with E-state index in [1.165, 1.54) is 0 Å². The van der Waals surface area contributed by atoms with E-state index in [2.05, 4.69) is 29.0 Å². The molecule has 4 nitrogen and oxygen atoms in total. The molecule has 0 fully saturated rings. The topological polar surface area (TPSA) is 59.9 Å². The minimum Gasteiger partial charge on any atom is -0.288 e. The lowest BCUT2D eigenvalue weighted by Crippen LogP contribution is -2.21. The van der Waals surface area contributed by atoms with Crippen molar-refractivity contribution < 1.29 is 9.59 Å². The average Bonchev–Trinajstić information content (AvgIpc) is 2.35. The van der Waals surface area contributed by atoms with Crippen LogP contribution in [-0.4, -0.2) is 21.5 Å². The molecule has 0 aromatic carbocycles. The maximum atomic E-state index is 11.9. The first-order valence-corrected chi connectivity index (χ1v) is 5.17. The maximum Gasteiger partial charge on any atom is 0.206 e. The van der Waals surface area contributed by atoms with Crippen LogP contribution in [-0.2, 0) is 0 Å². The molecule has 0 saturated heterocycles. The van der Waals surface area contributed by atoms with E-state index in [-0.39, 0.29) is 28.4 Å². The Bertz CT molecular complexity index is 607. The van der Waals surface area contributed by atoms with Crippen molar-refractivity contribution in [1.82, 2.24) is 9.97 Å². The molecule has 0 spiro atoms. The third-order valence-corrected chi connectivity index (χ3v) is 2.34. The number of Topliss-reactive ketones (excluding diaryl/α,β-unsaturated/α-hetero) is 1. The SMILES string of the molecule is C#CC1=CC(=O)c2nc(C)nc(C)c2C1=O.C=C. The molecule has 90 valence electrons. The minimum absolute atomic E-state index is 0.0630. The van der Waals surface area contributed by atoms with Gasteiger partial charge in [0.25, 0.3) is 0 Å². The van der Waals surface area contributed by atoms with Crippen LogP contribution in [0.2, 0.25) is 0 Å². The monoisotopic (exact) mass is 240 g/mol. The first-order chi connectivity index (χ1) is 8.54. The van der Waals surface area contributed by atoms with Crippen molar-refractivity contribution in [2.75, 3.05) is 0 Å². The van der Waals surface area contributed by atoms with Crippen LogP contribution in [0.3, 0.4) is 0 Å². The van der Waals surface area contributed by atoms with Crippen molar-refractivity contribution in [3.63, 3.8) is 0 Å². The number of carbonyl (C=O) groups excluding carboxylic acids is 2. The summed E-state index contributed by atoms with van der Waals surface area (Å²) in [5, 5.41) is 0. The predicted molar refractivity (Wildman–Crippen MR) is 68.3 cm³/mol. The quantitative estimate of drug-likeness (QED) is 0.512. The van der Waals surface area contributed by atoms with E-state index >= 15 is 0 Å². The normalized spacial score (nSPS) is 12.8. The Morgan fingerprint density at radius 1 is 1.22 bits per heavy atom. The first-order valence-electron chi connectivity index (χ1n) is 5.17. The van der Waals surface area contributed by atoms with Gasteiger partial charge in [-0.05, 0) is 13.8 Å². The number of carbonyl (C=O) groups is 2. The number of rotatable bonds is 0. The van der Waals surface area contributed by atoms with Crippen LogP contribution < -0.4 is 0 Å². The fourth-order valence-electron chi connectivity index (χ4n) is 1.67. The molecule has 1 aliphatic rings. The van der Waals surface area contributed by atoms with Crippen molar-refractivity contribution in [3.05, 3.63) is 47.6 Å². The van der Waals surface area contributed by atoms with Gasteiger partial charge in [-0.3, -0.25) is 9.59 Å². The minimum atomic E-state index is -0.352. The lowest BCUT2D eigenvalue weighted by atomic mass is 9.92. The number of aromatic nitrogens is 2. The highest BCUT2D eigenvalue weighted by atomic mass is 16.1. The van der Waals surface area contributed by atoms with Crippen molar-refractivity contribution in [1.29, 1.82) is 0 Å². The van der Waals surface area contributed by atoms with Gasteiger partial charge in [0.1, 0.15) is 11.5 Å². The zero-order chi connectivity index (χ0) is 13.9. The van der Waals surface area contributed by atoms with Gasteiger partial charge in [-0.2, -0.15) is 0 Å².